The molecule has 7 nitrogen and oxygen atoms in total. The zero-order valence-electron chi connectivity index (χ0n) is 12.0. The number of anilines is 1. The second kappa shape index (κ2) is 6.86. The van der Waals surface area contributed by atoms with Crippen LogP contribution in [0.2, 0.25) is 0 Å². The first-order valence-corrected chi connectivity index (χ1v) is 6.44. The summed E-state index contributed by atoms with van der Waals surface area (Å²) in [6.45, 7) is 6.52. The average Bonchev–Trinajstić information content (AvgIpc) is 2.45. The van der Waals surface area contributed by atoms with Crippen molar-refractivity contribution < 1.29 is 5.21 Å². The number of hydrogen-bond acceptors (Lipinski definition) is 6. The van der Waals surface area contributed by atoms with Gasteiger partial charge in [-0.05, 0) is 12.8 Å². The van der Waals surface area contributed by atoms with Crippen LogP contribution in [0, 0.1) is 5.92 Å². The van der Waals surface area contributed by atoms with Crippen LogP contribution in [0.4, 0.5) is 5.95 Å². The molecule has 1 aromatic heterocycles. The van der Waals surface area contributed by atoms with Crippen LogP contribution in [0.15, 0.2) is 5.16 Å². The van der Waals surface area contributed by atoms with Crippen LogP contribution in [0.1, 0.15) is 32.2 Å². The molecule has 0 fully saturated rings. The van der Waals surface area contributed by atoms with Gasteiger partial charge in [0.05, 0.1) is 11.4 Å². The first kappa shape index (κ1) is 15.1. The van der Waals surface area contributed by atoms with Crippen LogP contribution in [0.5, 0.6) is 0 Å². The van der Waals surface area contributed by atoms with Crippen LogP contribution in [0.25, 0.3) is 0 Å². The Morgan fingerprint density at radius 2 is 1.95 bits per heavy atom. The Balaban J connectivity index is 2.85. The third kappa shape index (κ3) is 3.77. The van der Waals surface area contributed by atoms with Crippen LogP contribution < -0.4 is 10.6 Å². The Kier molecular flexibility index (Phi) is 5.47. The van der Waals surface area contributed by atoms with Gasteiger partial charge in [-0.25, -0.2) is 4.98 Å². The minimum Gasteiger partial charge on any atom is -0.409 e. The maximum Gasteiger partial charge on any atom is 0.245 e. The number of aryl methyl sites for hydroxylation is 2. The molecule has 0 aliphatic carbocycles. The predicted molar refractivity (Wildman–Crippen MR) is 74.4 cm³/mol. The van der Waals surface area contributed by atoms with Crippen LogP contribution in [-0.4, -0.2) is 39.8 Å². The van der Waals surface area contributed by atoms with Crippen molar-refractivity contribution in [1.82, 2.24) is 15.2 Å². The van der Waals surface area contributed by atoms with Crippen LogP contribution >= 0.6 is 0 Å². The van der Waals surface area contributed by atoms with Gasteiger partial charge in [-0.3, -0.25) is 0 Å². The summed E-state index contributed by atoms with van der Waals surface area (Å²) in [4.78, 5) is 6.36. The van der Waals surface area contributed by atoms with Gasteiger partial charge in [0, 0.05) is 19.5 Å². The lowest BCUT2D eigenvalue weighted by molar-refractivity contribution is 0.314. The van der Waals surface area contributed by atoms with Gasteiger partial charge in [-0.15, -0.1) is 5.10 Å². The molecule has 0 radical (unpaired) electrons. The quantitative estimate of drug-likeness (QED) is 0.342. The van der Waals surface area contributed by atoms with E-state index < -0.39 is 0 Å². The number of nitrogens with zero attached hydrogens (tertiary/aromatic N) is 5. The molecule has 1 rings (SSSR count). The van der Waals surface area contributed by atoms with Crippen molar-refractivity contribution in [3.8, 4) is 0 Å². The van der Waals surface area contributed by atoms with Gasteiger partial charge in [0.1, 0.15) is 5.84 Å². The summed E-state index contributed by atoms with van der Waals surface area (Å²) in [6, 6.07) is 0. The standard InChI is InChI=1S/C12H22N6O/c1-5-9-10(6-2)15-16-12(14-9)18(4)7-8(3)11(13)17-19/h8,19H,5-7H2,1-4H3,(H2,13,17). The van der Waals surface area contributed by atoms with E-state index in [0.29, 0.717) is 12.5 Å². The molecule has 1 heterocycles. The molecule has 0 saturated carbocycles. The molecule has 1 atom stereocenters. The lowest BCUT2D eigenvalue weighted by Gasteiger charge is -2.21. The number of rotatable bonds is 6. The fraction of sp³-hybridized carbons (Fsp3) is 0.667. The minimum atomic E-state index is -0.0884. The van der Waals surface area contributed by atoms with E-state index in [1.165, 1.54) is 0 Å². The SMILES string of the molecule is CCc1nnc(N(C)CC(C)C(N)=NO)nc1CC. The summed E-state index contributed by atoms with van der Waals surface area (Å²) < 4.78 is 0. The highest BCUT2D eigenvalue weighted by atomic mass is 16.4. The second-order valence-corrected chi connectivity index (χ2v) is 4.52. The Morgan fingerprint density at radius 3 is 2.47 bits per heavy atom. The highest BCUT2D eigenvalue weighted by Crippen LogP contribution is 2.11. The van der Waals surface area contributed by atoms with Gasteiger partial charge in [0.15, 0.2) is 0 Å². The molecule has 0 aliphatic rings. The molecule has 3 N–H and O–H groups in total. The molecular weight excluding hydrogens is 244 g/mol. The van der Waals surface area contributed by atoms with E-state index in [1.807, 2.05) is 32.7 Å². The Bertz CT molecular complexity index is 448. The topological polar surface area (TPSA) is 101 Å². The van der Waals surface area contributed by atoms with Gasteiger partial charge in [-0.1, -0.05) is 25.9 Å². The van der Waals surface area contributed by atoms with Crippen molar-refractivity contribution in [2.45, 2.75) is 33.6 Å². The van der Waals surface area contributed by atoms with Crippen molar-refractivity contribution in [2.24, 2.45) is 16.8 Å². The maximum absolute atomic E-state index is 8.64. The summed E-state index contributed by atoms with van der Waals surface area (Å²) in [7, 11) is 1.86. The minimum absolute atomic E-state index is 0.0884. The van der Waals surface area contributed by atoms with E-state index in [1.54, 1.807) is 0 Å². The average molecular weight is 266 g/mol. The monoisotopic (exact) mass is 266 g/mol. The molecule has 0 aromatic carbocycles. The zero-order chi connectivity index (χ0) is 14.4. The zero-order valence-corrected chi connectivity index (χ0v) is 12.0. The van der Waals surface area contributed by atoms with E-state index in [4.69, 9.17) is 10.9 Å². The number of oxime groups is 1. The highest BCUT2D eigenvalue weighted by Gasteiger charge is 2.15. The molecule has 106 valence electrons. The van der Waals surface area contributed by atoms with Gasteiger partial charge >= 0.3 is 0 Å². The lowest BCUT2D eigenvalue weighted by atomic mass is 10.1. The summed E-state index contributed by atoms with van der Waals surface area (Å²) in [5, 5.41) is 20.0. The molecule has 7 heteroatoms. The van der Waals surface area contributed by atoms with E-state index in [0.717, 1.165) is 24.2 Å². The van der Waals surface area contributed by atoms with Crippen molar-refractivity contribution in [2.75, 3.05) is 18.5 Å². The lowest BCUT2D eigenvalue weighted by Crippen LogP contribution is -2.33. The van der Waals surface area contributed by atoms with Gasteiger partial charge in [-0.2, -0.15) is 5.10 Å². The summed E-state index contributed by atoms with van der Waals surface area (Å²) in [6.07, 6.45) is 1.66. The van der Waals surface area contributed by atoms with E-state index in [-0.39, 0.29) is 11.8 Å². The molecule has 19 heavy (non-hydrogen) atoms. The van der Waals surface area contributed by atoms with E-state index in [9.17, 15) is 0 Å². The third-order valence-electron chi connectivity index (χ3n) is 3.01. The van der Waals surface area contributed by atoms with E-state index >= 15 is 0 Å². The van der Waals surface area contributed by atoms with Crippen molar-refractivity contribution in [3.63, 3.8) is 0 Å². The van der Waals surface area contributed by atoms with E-state index in [2.05, 4.69) is 20.3 Å². The molecule has 1 unspecified atom stereocenters. The van der Waals surface area contributed by atoms with Gasteiger partial charge in [0.25, 0.3) is 0 Å². The second-order valence-electron chi connectivity index (χ2n) is 4.52. The maximum atomic E-state index is 8.64. The first-order valence-electron chi connectivity index (χ1n) is 6.44. The van der Waals surface area contributed by atoms with Crippen molar-refractivity contribution >= 4 is 11.8 Å². The molecule has 1 aromatic rings. The summed E-state index contributed by atoms with van der Waals surface area (Å²) >= 11 is 0. The summed E-state index contributed by atoms with van der Waals surface area (Å²) in [5.74, 6) is 0.668. The number of nitrogens with two attached hydrogens (primary N) is 1. The Hall–Kier alpha value is -1.92. The van der Waals surface area contributed by atoms with Crippen molar-refractivity contribution in [3.05, 3.63) is 11.4 Å². The van der Waals surface area contributed by atoms with Crippen LogP contribution in [0.3, 0.4) is 0 Å². The largest absolute Gasteiger partial charge is 0.409 e. The number of aromatic nitrogens is 3. The van der Waals surface area contributed by atoms with Gasteiger partial charge < -0.3 is 15.8 Å². The normalized spacial score (nSPS) is 13.4. The fourth-order valence-corrected chi connectivity index (χ4v) is 1.77. The van der Waals surface area contributed by atoms with Crippen LogP contribution in [-0.2, 0) is 12.8 Å². The summed E-state index contributed by atoms with van der Waals surface area (Å²) in [5.41, 5.74) is 7.46. The van der Waals surface area contributed by atoms with Crippen molar-refractivity contribution in [1.29, 1.82) is 0 Å². The predicted octanol–water partition coefficient (Wildman–Crippen LogP) is 0.815. The molecule has 0 saturated heterocycles. The molecular formula is C12H22N6O. The number of hydrogen-bond donors (Lipinski definition) is 2. The Morgan fingerprint density at radius 1 is 1.32 bits per heavy atom. The molecule has 0 spiro atoms. The Labute approximate surface area is 113 Å². The molecule has 0 aliphatic heterocycles. The highest BCUT2D eigenvalue weighted by molar-refractivity contribution is 5.82. The van der Waals surface area contributed by atoms with Gasteiger partial charge in [0.2, 0.25) is 5.95 Å². The third-order valence-corrected chi connectivity index (χ3v) is 3.01. The smallest absolute Gasteiger partial charge is 0.245 e. The molecule has 0 amide bonds. The fourth-order valence-electron chi connectivity index (χ4n) is 1.77. The number of amidine groups is 1. The molecule has 0 bridgehead atoms. The first-order chi connectivity index (χ1) is 9.03.